The van der Waals surface area contributed by atoms with Gasteiger partial charge >= 0.3 is 0 Å². The molecule has 0 saturated carbocycles. The molecule has 2 N–H and O–H groups in total. The lowest BCUT2D eigenvalue weighted by Gasteiger charge is -2.39. The predicted molar refractivity (Wildman–Crippen MR) is 139 cm³/mol. The number of carbonyl (C=O) groups excluding carboxylic acids is 3. The van der Waals surface area contributed by atoms with Gasteiger partial charge in [0.15, 0.2) is 0 Å². The summed E-state index contributed by atoms with van der Waals surface area (Å²) in [5.41, 5.74) is 3.83. The molecule has 9 nitrogen and oxygen atoms in total. The summed E-state index contributed by atoms with van der Waals surface area (Å²) >= 11 is 0. The number of anilines is 2. The number of amides is 3. The van der Waals surface area contributed by atoms with Gasteiger partial charge in [-0.1, -0.05) is 18.2 Å². The summed E-state index contributed by atoms with van der Waals surface area (Å²) in [6.45, 7) is 7.94. The SMILES string of the molecule is COc1ccccc1N1CCN(CC(=O)N2CCNC(=O)[C@@H]2CC(=O)Nc2cc(C)cc(C)c2)CC1. The standard InChI is InChI=1S/C27H35N5O4/c1-19-14-20(2)16-21(15-19)29-25(33)17-23-27(35)28-8-9-32(23)26(34)18-30-10-12-31(13-11-30)22-6-4-5-7-24(22)36-3/h4-7,14-16,23H,8-13,17-18H2,1-3H3,(H,28,35)(H,29,33)/t23-/m0/s1. The lowest BCUT2D eigenvalue weighted by atomic mass is 10.1. The topological polar surface area (TPSA) is 94.2 Å². The van der Waals surface area contributed by atoms with Gasteiger partial charge in [0.25, 0.3) is 0 Å². The van der Waals surface area contributed by atoms with Crippen LogP contribution in [0, 0.1) is 13.8 Å². The molecule has 1 atom stereocenters. The zero-order chi connectivity index (χ0) is 25.7. The van der Waals surface area contributed by atoms with Crippen molar-refractivity contribution >= 4 is 29.1 Å². The van der Waals surface area contributed by atoms with Gasteiger partial charge in [0.2, 0.25) is 17.7 Å². The van der Waals surface area contributed by atoms with Gasteiger partial charge < -0.3 is 25.2 Å². The number of ether oxygens (including phenoxy) is 1. The van der Waals surface area contributed by atoms with E-state index in [4.69, 9.17) is 4.74 Å². The molecule has 2 aliphatic heterocycles. The molecule has 2 fully saturated rings. The maximum absolute atomic E-state index is 13.2. The highest BCUT2D eigenvalue weighted by Crippen LogP contribution is 2.28. The molecule has 2 aromatic carbocycles. The van der Waals surface area contributed by atoms with Crippen molar-refractivity contribution in [3.05, 3.63) is 53.6 Å². The number of hydrogen-bond donors (Lipinski definition) is 2. The summed E-state index contributed by atoms with van der Waals surface area (Å²) in [5, 5.41) is 5.68. The van der Waals surface area contributed by atoms with Crippen molar-refractivity contribution in [3.63, 3.8) is 0 Å². The maximum Gasteiger partial charge on any atom is 0.243 e. The van der Waals surface area contributed by atoms with Gasteiger partial charge in [-0.15, -0.1) is 0 Å². The Balaban J connectivity index is 1.34. The first kappa shape index (κ1) is 25.5. The van der Waals surface area contributed by atoms with E-state index in [1.807, 2.05) is 56.3 Å². The molecule has 0 bridgehead atoms. The lowest BCUT2D eigenvalue weighted by Crippen LogP contribution is -2.60. The quantitative estimate of drug-likeness (QED) is 0.611. The molecule has 36 heavy (non-hydrogen) atoms. The van der Waals surface area contributed by atoms with E-state index in [2.05, 4.69) is 20.4 Å². The van der Waals surface area contributed by atoms with E-state index in [0.717, 1.165) is 48.7 Å². The molecule has 2 aliphatic rings. The largest absolute Gasteiger partial charge is 0.495 e. The van der Waals surface area contributed by atoms with E-state index < -0.39 is 6.04 Å². The normalized spacial score (nSPS) is 18.5. The summed E-state index contributed by atoms with van der Waals surface area (Å²) in [6.07, 6.45) is -0.0772. The average molecular weight is 494 g/mol. The van der Waals surface area contributed by atoms with Gasteiger partial charge in [0, 0.05) is 45.0 Å². The average Bonchev–Trinajstić information content (AvgIpc) is 2.85. The third kappa shape index (κ3) is 6.15. The first-order chi connectivity index (χ1) is 17.3. The third-order valence-corrected chi connectivity index (χ3v) is 6.69. The van der Waals surface area contributed by atoms with Crippen LogP contribution < -0.4 is 20.3 Å². The van der Waals surface area contributed by atoms with Crippen molar-refractivity contribution in [3.8, 4) is 5.75 Å². The van der Waals surface area contributed by atoms with Crippen molar-refractivity contribution in [1.82, 2.24) is 15.1 Å². The summed E-state index contributed by atoms with van der Waals surface area (Å²) in [6, 6.07) is 12.9. The number of piperazine rings is 2. The van der Waals surface area contributed by atoms with Crippen LogP contribution in [0.2, 0.25) is 0 Å². The van der Waals surface area contributed by atoms with Crippen LogP contribution in [0.1, 0.15) is 17.5 Å². The van der Waals surface area contributed by atoms with Crippen LogP contribution in [0.5, 0.6) is 5.75 Å². The fraction of sp³-hybridized carbons (Fsp3) is 0.444. The predicted octanol–water partition coefficient (Wildman–Crippen LogP) is 1.79. The highest BCUT2D eigenvalue weighted by Gasteiger charge is 2.35. The van der Waals surface area contributed by atoms with Crippen molar-refractivity contribution < 1.29 is 19.1 Å². The Morgan fingerprint density at radius 1 is 1.03 bits per heavy atom. The zero-order valence-electron chi connectivity index (χ0n) is 21.3. The Morgan fingerprint density at radius 3 is 2.42 bits per heavy atom. The highest BCUT2D eigenvalue weighted by molar-refractivity contribution is 5.97. The third-order valence-electron chi connectivity index (χ3n) is 6.69. The van der Waals surface area contributed by atoms with Crippen LogP contribution in [0.15, 0.2) is 42.5 Å². The Morgan fingerprint density at radius 2 is 1.72 bits per heavy atom. The van der Waals surface area contributed by atoms with Crippen LogP contribution in [0.4, 0.5) is 11.4 Å². The fourth-order valence-corrected chi connectivity index (χ4v) is 4.97. The number of nitrogens with one attached hydrogen (secondary N) is 2. The van der Waals surface area contributed by atoms with Crippen LogP contribution in [-0.2, 0) is 14.4 Å². The van der Waals surface area contributed by atoms with Crippen LogP contribution in [0.25, 0.3) is 0 Å². The van der Waals surface area contributed by atoms with Crippen LogP contribution in [-0.4, -0.2) is 86.5 Å². The number of methoxy groups -OCH3 is 1. The number of hydrogen-bond acceptors (Lipinski definition) is 6. The second-order valence-electron chi connectivity index (χ2n) is 9.46. The first-order valence-corrected chi connectivity index (χ1v) is 12.4. The van der Waals surface area contributed by atoms with Gasteiger partial charge in [0.05, 0.1) is 25.8 Å². The van der Waals surface area contributed by atoms with Crippen LogP contribution in [0.3, 0.4) is 0 Å². The lowest BCUT2D eigenvalue weighted by molar-refractivity contribution is -0.145. The first-order valence-electron chi connectivity index (χ1n) is 12.4. The second-order valence-corrected chi connectivity index (χ2v) is 9.46. The smallest absolute Gasteiger partial charge is 0.243 e. The van der Waals surface area contributed by atoms with E-state index in [9.17, 15) is 14.4 Å². The fourth-order valence-electron chi connectivity index (χ4n) is 4.97. The number of para-hydroxylation sites is 2. The molecule has 0 radical (unpaired) electrons. The van der Waals surface area contributed by atoms with Gasteiger partial charge in [0.1, 0.15) is 11.8 Å². The molecule has 0 spiro atoms. The minimum absolute atomic E-state index is 0.0772. The van der Waals surface area contributed by atoms with E-state index in [0.29, 0.717) is 18.8 Å². The summed E-state index contributed by atoms with van der Waals surface area (Å²) in [5.74, 6) is 0.138. The molecular weight excluding hydrogens is 458 g/mol. The second kappa shape index (κ2) is 11.4. The maximum atomic E-state index is 13.2. The summed E-state index contributed by atoms with van der Waals surface area (Å²) in [7, 11) is 1.67. The molecule has 2 saturated heterocycles. The Labute approximate surface area is 212 Å². The molecule has 2 aromatic rings. The van der Waals surface area contributed by atoms with Gasteiger partial charge in [-0.05, 0) is 49.2 Å². The highest BCUT2D eigenvalue weighted by atomic mass is 16.5. The van der Waals surface area contributed by atoms with Crippen molar-refractivity contribution in [1.29, 1.82) is 0 Å². The van der Waals surface area contributed by atoms with Gasteiger partial charge in [-0.3, -0.25) is 19.3 Å². The Kier molecular flexibility index (Phi) is 8.10. The summed E-state index contributed by atoms with van der Waals surface area (Å²) in [4.78, 5) is 44.6. The molecule has 2 heterocycles. The molecule has 0 aliphatic carbocycles. The molecule has 4 rings (SSSR count). The van der Waals surface area contributed by atoms with Crippen molar-refractivity contribution in [2.45, 2.75) is 26.3 Å². The Bertz CT molecular complexity index is 1090. The molecule has 0 aromatic heterocycles. The molecule has 0 unspecified atom stereocenters. The van der Waals surface area contributed by atoms with E-state index in [1.54, 1.807) is 12.0 Å². The van der Waals surface area contributed by atoms with Gasteiger partial charge in [-0.2, -0.15) is 0 Å². The minimum Gasteiger partial charge on any atom is -0.495 e. The number of nitrogens with zero attached hydrogens (tertiary/aromatic N) is 3. The van der Waals surface area contributed by atoms with Crippen molar-refractivity contribution in [2.24, 2.45) is 0 Å². The molecule has 3 amide bonds. The van der Waals surface area contributed by atoms with E-state index in [-0.39, 0.29) is 30.7 Å². The molecule has 9 heteroatoms. The zero-order valence-corrected chi connectivity index (χ0v) is 21.3. The van der Waals surface area contributed by atoms with Crippen LogP contribution >= 0.6 is 0 Å². The van der Waals surface area contributed by atoms with E-state index in [1.165, 1.54) is 0 Å². The number of aryl methyl sites for hydroxylation is 2. The monoisotopic (exact) mass is 493 g/mol. The van der Waals surface area contributed by atoms with Gasteiger partial charge in [-0.25, -0.2) is 0 Å². The molecule has 192 valence electrons. The van der Waals surface area contributed by atoms with E-state index >= 15 is 0 Å². The molecular formula is C27H35N5O4. The number of rotatable bonds is 7. The van der Waals surface area contributed by atoms with Crippen molar-refractivity contribution in [2.75, 3.05) is 63.1 Å². The number of benzene rings is 2. The minimum atomic E-state index is -0.813. The Hall–Kier alpha value is -3.59. The number of carbonyl (C=O) groups is 3. The summed E-state index contributed by atoms with van der Waals surface area (Å²) < 4.78 is 5.49.